The Bertz CT molecular complexity index is 879. The number of anilines is 2. The number of nitrogens with one attached hydrogen (secondary N) is 3. The monoisotopic (exact) mass is 424 g/mol. The molecule has 3 rings (SSSR count). The summed E-state index contributed by atoms with van der Waals surface area (Å²) in [6.45, 7) is 8.44. The maximum absolute atomic E-state index is 12.5. The highest BCUT2D eigenvalue weighted by atomic mass is 16.5. The van der Waals surface area contributed by atoms with Crippen molar-refractivity contribution in [2.24, 2.45) is 0 Å². The molecule has 0 saturated carbocycles. The molecule has 3 N–H and O–H groups in total. The van der Waals surface area contributed by atoms with Crippen LogP contribution in [0.1, 0.15) is 36.2 Å². The zero-order chi connectivity index (χ0) is 22.1. The van der Waals surface area contributed by atoms with Crippen molar-refractivity contribution < 1.29 is 14.3 Å². The van der Waals surface area contributed by atoms with Crippen molar-refractivity contribution in [2.45, 2.75) is 32.9 Å². The molecule has 1 aliphatic heterocycles. The average molecular weight is 425 g/mol. The molecular weight excluding hydrogens is 392 g/mol. The van der Waals surface area contributed by atoms with E-state index in [4.69, 9.17) is 4.74 Å². The molecule has 2 aromatic carbocycles. The highest BCUT2D eigenvalue weighted by Gasteiger charge is 2.12. The molecule has 1 saturated heterocycles. The second-order valence-electron chi connectivity index (χ2n) is 8.02. The summed E-state index contributed by atoms with van der Waals surface area (Å²) in [5, 5.41) is 9.20. The van der Waals surface area contributed by atoms with Crippen molar-refractivity contribution >= 4 is 23.2 Å². The van der Waals surface area contributed by atoms with Crippen LogP contribution in [0.15, 0.2) is 48.5 Å². The van der Waals surface area contributed by atoms with Crippen molar-refractivity contribution in [1.29, 1.82) is 0 Å². The minimum absolute atomic E-state index is 0.0119. The van der Waals surface area contributed by atoms with Gasteiger partial charge in [-0.1, -0.05) is 18.2 Å². The van der Waals surface area contributed by atoms with Crippen LogP contribution in [0.2, 0.25) is 0 Å². The zero-order valence-corrected chi connectivity index (χ0v) is 18.3. The molecule has 2 aromatic rings. The Morgan fingerprint density at radius 3 is 2.55 bits per heavy atom. The number of hydrogen-bond acceptors (Lipinski definition) is 5. The third-order valence-electron chi connectivity index (χ3n) is 5.00. The van der Waals surface area contributed by atoms with E-state index in [0.717, 1.165) is 49.8 Å². The average Bonchev–Trinajstić information content (AvgIpc) is 2.77. The number of rotatable bonds is 9. The minimum Gasteiger partial charge on any atom is -0.383 e. The van der Waals surface area contributed by atoms with E-state index in [1.165, 1.54) is 0 Å². The van der Waals surface area contributed by atoms with E-state index in [2.05, 4.69) is 34.7 Å². The van der Waals surface area contributed by atoms with Gasteiger partial charge in [-0.2, -0.15) is 0 Å². The fraction of sp³-hybridized carbons (Fsp3) is 0.417. The van der Waals surface area contributed by atoms with Gasteiger partial charge in [0.05, 0.1) is 13.2 Å². The quantitative estimate of drug-likeness (QED) is 0.576. The summed E-state index contributed by atoms with van der Waals surface area (Å²) in [6.07, 6.45) is 0.446. The lowest BCUT2D eigenvalue weighted by Gasteiger charge is -2.26. The van der Waals surface area contributed by atoms with Gasteiger partial charge in [0.25, 0.3) is 5.91 Å². The summed E-state index contributed by atoms with van der Waals surface area (Å²) in [6, 6.07) is 15.3. The molecule has 0 atom stereocenters. The lowest BCUT2D eigenvalue weighted by atomic mass is 10.1. The second-order valence-corrected chi connectivity index (χ2v) is 8.02. The van der Waals surface area contributed by atoms with E-state index in [-0.39, 0.29) is 11.8 Å². The van der Waals surface area contributed by atoms with Gasteiger partial charge in [0.1, 0.15) is 0 Å². The first-order valence-corrected chi connectivity index (χ1v) is 10.8. The van der Waals surface area contributed by atoms with Crippen LogP contribution >= 0.6 is 0 Å². The number of nitrogens with zero attached hydrogens (tertiary/aromatic N) is 1. The predicted molar refractivity (Wildman–Crippen MR) is 123 cm³/mol. The summed E-state index contributed by atoms with van der Waals surface area (Å²) in [5.41, 5.74) is 3.19. The topological polar surface area (TPSA) is 82.7 Å². The highest BCUT2D eigenvalue weighted by molar-refractivity contribution is 5.95. The van der Waals surface area contributed by atoms with Gasteiger partial charge in [-0.05, 0) is 49.7 Å². The molecule has 0 spiro atoms. The molecular formula is C24H32N4O3. The zero-order valence-electron chi connectivity index (χ0n) is 18.3. The molecule has 1 heterocycles. The molecule has 1 aliphatic rings. The third kappa shape index (κ3) is 7.70. The van der Waals surface area contributed by atoms with Crippen LogP contribution in [0.4, 0.5) is 11.4 Å². The van der Waals surface area contributed by atoms with Gasteiger partial charge in [-0.3, -0.25) is 14.5 Å². The van der Waals surface area contributed by atoms with Crippen LogP contribution < -0.4 is 16.0 Å². The van der Waals surface area contributed by atoms with Crippen molar-refractivity contribution in [2.75, 3.05) is 43.5 Å². The number of benzene rings is 2. The van der Waals surface area contributed by atoms with E-state index in [1.807, 2.05) is 42.5 Å². The maximum atomic E-state index is 12.5. The van der Waals surface area contributed by atoms with Gasteiger partial charge in [-0.15, -0.1) is 0 Å². The molecule has 2 amide bonds. The summed E-state index contributed by atoms with van der Waals surface area (Å²) in [7, 11) is 0. The van der Waals surface area contributed by atoms with Crippen molar-refractivity contribution in [3.05, 3.63) is 59.7 Å². The molecule has 0 bridgehead atoms. The number of morpholine rings is 1. The van der Waals surface area contributed by atoms with E-state index in [1.54, 1.807) is 6.07 Å². The minimum atomic E-state index is -0.132. The SMILES string of the molecule is CC(C)Nc1cccc(C(=O)NCc2cccc(NC(=O)CCN3CCOCC3)c2)c1. The van der Waals surface area contributed by atoms with E-state index < -0.39 is 0 Å². The number of carbonyl (C=O) groups is 2. The highest BCUT2D eigenvalue weighted by Crippen LogP contribution is 2.14. The first-order valence-electron chi connectivity index (χ1n) is 10.8. The Balaban J connectivity index is 1.48. The molecule has 0 unspecified atom stereocenters. The van der Waals surface area contributed by atoms with Gasteiger partial charge in [0.2, 0.25) is 5.91 Å². The number of carbonyl (C=O) groups excluding carboxylic acids is 2. The fourth-order valence-corrected chi connectivity index (χ4v) is 3.43. The Kier molecular flexibility index (Phi) is 8.44. The lowest BCUT2D eigenvalue weighted by molar-refractivity contribution is -0.116. The van der Waals surface area contributed by atoms with Gasteiger partial charge in [0.15, 0.2) is 0 Å². The smallest absolute Gasteiger partial charge is 0.251 e. The standard InChI is InChI=1S/C24H32N4O3/c1-18(2)26-22-8-4-6-20(16-22)24(30)25-17-19-5-3-7-21(15-19)27-23(29)9-10-28-11-13-31-14-12-28/h3-8,15-16,18,26H,9-14,17H2,1-2H3,(H,25,30)(H,27,29). The second kappa shape index (κ2) is 11.5. The number of amides is 2. The molecule has 0 aliphatic carbocycles. The van der Waals surface area contributed by atoms with Crippen molar-refractivity contribution in [3.63, 3.8) is 0 Å². The number of ether oxygens (including phenoxy) is 1. The van der Waals surface area contributed by atoms with Crippen LogP contribution in [0.5, 0.6) is 0 Å². The van der Waals surface area contributed by atoms with Crippen molar-refractivity contribution in [3.8, 4) is 0 Å². The Labute approximate surface area is 184 Å². The van der Waals surface area contributed by atoms with Crippen LogP contribution in [0.25, 0.3) is 0 Å². The first-order chi connectivity index (χ1) is 15.0. The normalized spacial score (nSPS) is 14.3. The van der Waals surface area contributed by atoms with Gasteiger partial charge < -0.3 is 20.7 Å². The molecule has 7 heteroatoms. The first kappa shape index (κ1) is 22.8. The predicted octanol–water partition coefficient (Wildman–Crippen LogP) is 3.10. The van der Waals surface area contributed by atoms with Crippen LogP contribution in [0, 0.1) is 0 Å². The van der Waals surface area contributed by atoms with Crippen LogP contribution in [0.3, 0.4) is 0 Å². The van der Waals surface area contributed by atoms with Crippen LogP contribution in [-0.2, 0) is 16.1 Å². The molecule has 1 fully saturated rings. The van der Waals surface area contributed by atoms with Gasteiger partial charge in [-0.25, -0.2) is 0 Å². The van der Waals surface area contributed by atoms with Gasteiger partial charge in [0, 0.05) is 55.6 Å². The maximum Gasteiger partial charge on any atom is 0.251 e. The van der Waals surface area contributed by atoms with E-state index in [9.17, 15) is 9.59 Å². The lowest BCUT2D eigenvalue weighted by Crippen LogP contribution is -2.38. The Hall–Kier alpha value is -2.90. The molecule has 31 heavy (non-hydrogen) atoms. The number of hydrogen-bond donors (Lipinski definition) is 3. The molecule has 0 aromatic heterocycles. The van der Waals surface area contributed by atoms with Crippen LogP contribution in [-0.4, -0.2) is 55.6 Å². The van der Waals surface area contributed by atoms with E-state index >= 15 is 0 Å². The molecule has 166 valence electrons. The van der Waals surface area contributed by atoms with Gasteiger partial charge >= 0.3 is 0 Å². The third-order valence-corrected chi connectivity index (χ3v) is 5.00. The molecule has 7 nitrogen and oxygen atoms in total. The fourth-order valence-electron chi connectivity index (χ4n) is 3.43. The summed E-state index contributed by atoms with van der Waals surface area (Å²) in [5.74, 6) is -0.144. The summed E-state index contributed by atoms with van der Waals surface area (Å²) < 4.78 is 5.33. The summed E-state index contributed by atoms with van der Waals surface area (Å²) in [4.78, 5) is 27.0. The Morgan fingerprint density at radius 2 is 1.77 bits per heavy atom. The molecule has 0 radical (unpaired) electrons. The van der Waals surface area contributed by atoms with E-state index in [0.29, 0.717) is 24.6 Å². The van der Waals surface area contributed by atoms with Crippen molar-refractivity contribution in [1.82, 2.24) is 10.2 Å². The largest absolute Gasteiger partial charge is 0.383 e. The summed E-state index contributed by atoms with van der Waals surface area (Å²) >= 11 is 0. The Morgan fingerprint density at radius 1 is 1.03 bits per heavy atom.